The fraction of sp³-hybridized carbons (Fsp3) is 0.385. The number of pyridine rings is 1. The van der Waals surface area contributed by atoms with E-state index in [1.807, 2.05) is 6.92 Å². The quantitative estimate of drug-likeness (QED) is 0.814. The van der Waals surface area contributed by atoms with Crippen molar-refractivity contribution in [3.8, 4) is 0 Å². The molecular weight excluding hydrogens is 262 g/mol. The Morgan fingerprint density at radius 1 is 1.35 bits per heavy atom. The Hall–Kier alpha value is -2.44. The van der Waals surface area contributed by atoms with E-state index in [0.29, 0.717) is 6.42 Å². The van der Waals surface area contributed by atoms with E-state index in [1.54, 1.807) is 0 Å². The highest BCUT2D eigenvalue weighted by molar-refractivity contribution is 5.68. The first-order chi connectivity index (χ1) is 9.54. The Morgan fingerprint density at radius 3 is 2.75 bits per heavy atom. The third kappa shape index (κ3) is 2.61. The highest BCUT2D eigenvalue weighted by atomic mass is 16.4. The number of aliphatic hydroxyl groups is 1. The molecule has 0 spiro atoms. The fourth-order valence-corrected chi connectivity index (χ4v) is 2.07. The van der Waals surface area contributed by atoms with Crippen LogP contribution >= 0.6 is 0 Å². The van der Waals surface area contributed by atoms with Crippen molar-refractivity contribution < 1.29 is 15.0 Å². The van der Waals surface area contributed by atoms with Crippen molar-refractivity contribution in [2.24, 2.45) is 0 Å². The molecule has 0 bridgehead atoms. The van der Waals surface area contributed by atoms with Crippen LogP contribution in [0.3, 0.4) is 0 Å². The van der Waals surface area contributed by atoms with Gasteiger partial charge in [-0.2, -0.15) is 5.10 Å². The van der Waals surface area contributed by atoms with Gasteiger partial charge in [-0.25, -0.2) is 9.50 Å². The third-order valence-electron chi connectivity index (χ3n) is 2.96. The zero-order valence-corrected chi connectivity index (χ0v) is 11.0. The van der Waals surface area contributed by atoms with Gasteiger partial charge < -0.3 is 10.2 Å². The van der Waals surface area contributed by atoms with Crippen LogP contribution in [-0.4, -0.2) is 30.8 Å². The van der Waals surface area contributed by atoms with Crippen LogP contribution in [0, 0.1) is 0 Å². The van der Waals surface area contributed by atoms with Crippen LogP contribution in [0.4, 0.5) is 0 Å². The summed E-state index contributed by atoms with van der Waals surface area (Å²) in [4.78, 5) is 26.6. The van der Waals surface area contributed by atoms with Gasteiger partial charge in [-0.05, 0) is 6.42 Å². The number of aryl methyl sites for hydroxylation is 1. The van der Waals surface area contributed by atoms with E-state index in [1.165, 1.54) is 16.9 Å². The van der Waals surface area contributed by atoms with Gasteiger partial charge in [0.25, 0.3) is 0 Å². The molecule has 0 atom stereocenters. The zero-order valence-electron chi connectivity index (χ0n) is 11.0. The van der Waals surface area contributed by atoms with Gasteiger partial charge in [-0.15, -0.1) is 0 Å². The minimum Gasteiger partial charge on any atom is -0.511 e. The molecule has 0 fully saturated rings. The fourth-order valence-electron chi connectivity index (χ4n) is 2.07. The van der Waals surface area contributed by atoms with Crippen molar-refractivity contribution >= 4 is 17.4 Å². The maximum absolute atomic E-state index is 12.1. The number of hydrogen-bond acceptors (Lipinski definition) is 5. The number of rotatable bonds is 5. The molecule has 2 heterocycles. The van der Waals surface area contributed by atoms with Crippen molar-refractivity contribution in [2.75, 3.05) is 0 Å². The van der Waals surface area contributed by atoms with E-state index >= 15 is 0 Å². The molecule has 0 saturated heterocycles. The van der Waals surface area contributed by atoms with Gasteiger partial charge in [-0.3, -0.25) is 9.59 Å². The Kier molecular flexibility index (Phi) is 3.97. The van der Waals surface area contributed by atoms with E-state index in [-0.39, 0.29) is 34.9 Å². The molecule has 0 aliphatic heterocycles. The first-order valence-electron chi connectivity index (χ1n) is 6.34. The van der Waals surface area contributed by atoms with Gasteiger partial charge in [-0.1, -0.05) is 13.3 Å². The molecule has 20 heavy (non-hydrogen) atoms. The second-order valence-electron chi connectivity index (χ2n) is 4.46. The Balaban J connectivity index is 2.65. The van der Waals surface area contributed by atoms with Gasteiger partial charge >= 0.3 is 5.97 Å². The maximum Gasteiger partial charge on any atom is 0.303 e. The molecule has 106 valence electrons. The lowest BCUT2D eigenvalue weighted by atomic mass is 10.1. The lowest BCUT2D eigenvalue weighted by Gasteiger charge is -2.03. The monoisotopic (exact) mass is 277 g/mol. The number of aromatic nitrogens is 3. The van der Waals surface area contributed by atoms with Crippen molar-refractivity contribution in [3.63, 3.8) is 0 Å². The molecule has 2 aromatic rings. The largest absolute Gasteiger partial charge is 0.511 e. The Bertz CT molecular complexity index is 751. The summed E-state index contributed by atoms with van der Waals surface area (Å²) in [7, 11) is 0. The molecule has 0 saturated carbocycles. The van der Waals surface area contributed by atoms with Gasteiger partial charge in [0.2, 0.25) is 0 Å². The van der Waals surface area contributed by atoms with Crippen molar-refractivity contribution in [2.45, 2.75) is 32.6 Å². The normalized spacial score (nSPS) is 12.7. The zero-order chi connectivity index (χ0) is 14.7. The molecule has 0 unspecified atom stereocenters. The highest BCUT2D eigenvalue weighted by Crippen LogP contribution is 2.04. The molecule has 2 aromatic heterocycles. The minimum atomic E-state index is -1.04. The Labute approximate surface area is 114 Å². The molecule has 0 amide bonds. The van der Waals surface area contributed by atoms with Crippen LogP contribution in [0.25, 0.3) is 11.4 Å². The molecule has 0 aliphatic rings. The Morgan fingerprint density at radius 2 is 2.10 bits per heavy atom. The topological polar surface area (TPSA) is 105 Å². The summed E-state index contributed by atoms with van der Waals surface area (Å²) in [6.45, 7) is 1.98. The number of carboxylic acids is 1. The predicted octanol–water partition coefficient (Wildman–Crippen LogP) is 0.292. The lowest BCUT2D eigenvalue weighted by molar-refractivity contribution is -0.136. The predicted molar refractivity (Wildman–Crippen MR) is 71.4 cm³/mol. The van der Waals surface area contributed by atoms with E-state index in [9.17, 15) is 14.7 Å². The second kappa shape index (κ2) is 5.68. The number of carbonyl (C=O) groups is 1. The summed E-state index contributed by atoms with van der Waals surface area (Å²) in [5.74, 6) is -1.30. The van der Waals surface area contributed by atoms with E-state index in [4.69, 9.17) is 5.11 Å². The van der Waals surface area contributed by atoms with Gasteiger partial charge in [0.1, 0.15) is 17.3 Å². The first kappa shape index (κ1) is 14.0. The van der Waals surface area contributed by atoms with E-state index in [0.717, 1.165) is 12.1 Å². The molecule has 0 aliphatic carbocycles. The minimum absolute atomic E-state index is 0.0311. The number of nitrogens with zero attached hydrogens (tertiary/aromatic N) is 3. The number of fused-ring (bicyclic) bond motifs is 1. The van der Waals surface area contributed by atoms with Gasteiger partial charge in [0.15, 0.2) is 11.1 Å². The standard InChI is InChI=1S/C13H15N3O4/c1-2-3-8-6-10(18)12(9(17)4-5-11(19)20)13-14-7-15-16(8)13/h6-7,17H,2-5H2,1H3,(H,19,20). The van der Waals surface area contributed by atoms with Crippen LogP contribution in [0.2, 0.25) is 0 Å². The summed E-state index contributed by atoms with van der Waals surface area (Å²) >= 11 is 0. The third-order valence-corrected chi connectivity index (χ3v) is 2.96. The van der Waals surface area contributed by atoms with Crippen LogP contribution < -0.4 is 10.6 Å². The summed E-state index contributed by atoms with van der Waals surface area (Å²) in [5, 5.41) is 22.7. The maximum atomic E-state index is 12.1. The smallest absolute Gasteiger partial charge is 0.303 e. The first-order valence-corrected chi connectivity index (χ1v) is 6.34. The number of carboxylic acid groups (broad SMARTS) is 1. The number of aliphatic carboxylic acids is 1. The van der Waals surface area contributed by atoms with Crippen molar-refractivity contribution in [1.29, 1.82) is 0 Å². The van der Waals surface area contributed by atoms with Crippen LogP contribution in [0.1, 0.15) is 31.9 Å². The average Bonchev–Trinajstić information content (AvgIpc) is 2.85. The molecule has 0 radical (unpaired) electrons. The van der Waals surface area contributed by atoms with Crippen molar-refractivity contribution in [1.82, 2.24) is 14.6 Å². The van der Waals surface area contributed by atoms with Crippen LogP contribution in [-0.2, 0) is 11.2 Å². The molecular formula is C13H15N3O4. The molecule has 7 heteroatoms. The highest BCUT2D eigenvalue weighted by Gasteiger charge is 2.12. The van der Waals surface area contributed by atoms with Crippen LogP contribution in [0.15, 0.2) is 17.2 Å². The summed E-state index contributed by atoms with van der Waals surface area (Å²) in [6.07, 6.45) is 2.47. The van der Waals surface area contributed by atoms with Crippen molar-refractivity contribution in [3.05, 3.63) is 33.5 Å². The summed E-state index contributed by atoms with van der Waals surface area (Å²) in [5.41, 5.74) is 0.625. The van der Waals surface area contributed by atoms with Crippen LogP contribution in [0.5, 0.6) is 0 Å². The number of aliphatic hydroxyl groups excluding tert-OH is 1. The average molecular weight is 277 g/mol. The molecule has 2 N–H and O–H groups in total. The number of hydrogen-bond donors (Lipinski definition) is 2. The molecule has 0 aromatic carbocycles. The van der Waals surface area contributed by atoms with Gasteiger partial charge in [0, 0.05) is 18.2 Å². The van der Waals surface area contributed by atoms with E-state index < -0.39 is 5.97 Å². The second-order valence-corrected chi connectivity index (χ2v) is 4.46. The van der Waals surface area contributed by atoms with Gasteiger partial charge in [0.05, 0.1) is 6.42 Å². The molecule has 2 rings (SSSR count). The lowest BCUT2D eigenvalue weighted by Crippen LogP contribution is -2.31. The SMILES string of the molecule is CCCc1cc(=O)c(=C(O)CCC(=O)O)c2ncnn12. The summed E-state index contributed by atoms with van der Waals surface area (Å²) < 4.78 is 1.51. The molecule has 7 nitrogen and oxygen atoms in total. The summed E-state index contributed by atoms with van der Waals surface area (Å²) in [6, 6.07) is 1.41. The van der Waals surface area contributed by atoms with E-state index in [2.05, 4.69) is 10.1 Å².